The van der Waals surface area contributed by atoms with Crippen molar-refractivity contribution in [3.05, 3.63) is 83.4 Å². The number of nitrogens with two attached hydrogens (primary N) is 1. The van der Waals surface area contributed by atoms with Gasteiger partial charge in [-0.15, -0.1) is 0 Å². The maximum atomic E-state index is 12.1. The Bertz CT molecular complexity index is 975. The molecule has 0 aromatic heterocycles. The molecule has 0 saturated carbocycles. The van der Waals surface area contributed by atoms with Gasteiger partial charge in [0.05, 0.1) is 5.56 Å². The summed E-state index contributed by atoms with van der Waals surface area (Å²) in [6.45, 7) is -0.288. The van der Waals surface area contributed by atoms with Crippen molar-refractivity contribution in [1.29, 1.82) is 0 Å². The summed E-state index contributed by atoms with van der Waals surface area (Å²) < 4.78 is 11.1. The number of carbonyl (C=O) groups excluding carboxylic acids is 2. The van der Waals surface area contributed by atoms with E-state index in [9.17, 15) is 9.59 Å². The van der Waals surface area contributed by atoms with E-state index in [1.807, 2.05) is 30.3 Å². The number of carbonyl (C=O) groups is 2. The summed E-state index contributed by atoms with van der Waals surface area (Å²) in [4.78, 5) is 23.5. The predicted molar refractivity (Wildman–Crippen MR) is 107 cm³/mol. The molecule has 0 atom stereocenters. The van der Waals surface area contributed by atoms with Crippen molar-refractivity contribution in [2.75, 3.05) is 11.9 Å². The van der Waals surface area contributed by atoms with E-state index >= 15 is 0 Å². The van der Waals surface area contributed by atoms with E-state index in [0.717, 1.165) is 5.75 Å². The molecule has 0 unspecified atom stereocenters. The van der Waals surface area contributed by atoms with Crippen LogP contribution in [0.4, 0.5) is 5.69 Å². The van der Waals surface area contributed by atoms with Crippen LogP contribution >= 0.6 is 11.6 Å². The minimum atomic E-state index is -0.688. The van der Waals surface area contributed by atoms with Gasteiger partial charge in [0.15, 0.2) is 6.61 Å². The largest absolute Gasteiger partial charge is 0.483 e. The van der Waals surface area contributed by atoms with Gasteiger partial charge in [-0.2, -0.15) is 0 Å². The number of rotatable bonds is 7. The van der Waals surface area contributed by atoms with Crippen LogP contribution in [0.25, 0.3) is 0 Å². The first-order chi connectivity index (χ1) is 13.5. The Hall–Kier alpha value is -3.51. The third-order valence-corrected chi connectivity index (χ3v) is 3.92. The van der Waals surface area contributed by atoms with E-state index in [2.05, 4.69) is 5.32 Å². The second kappa shape index (κ2) is 8.92. The van der Waals surface area contributed by atoms with E-state index in [1.54, 1.807) is 30.3 Å². The molecular formula is C21H17ClN2O4. The van der Waals surface area contributed by atoms with Crippen molar-refractivity contribution in [2.24, 2.45) is 5.73 Å². The summed E-state index contributed by atoms with van der Waals surface area (Å²) in [5, 5.41) is 3.05. The van der Waals surface area contributed by atoms with E-state index < -0.39 is 5.91 Å². The van der Waals surface area contributed by atoms with Gasteiger partial charge in [-0.3, -0.25) is 9.59 Å². The molecule has 0 heterocycles. The number of amides is 2. The van der Waals surface area contributed by atoms with E-state index in [1.165, 1.54) is 12.1 Å². The van der Waals surface area contributed by atoms with E-state index in [-0.39, 0.29) is 23.8 Å². The van der Waals surface area contributed by atoms with Crippen molar-refractivity contribution in [3.63, 3.8) is 0 Å². The zero-order chi connectivity index (χ0) is 19.9. The highest BCUT2D eigenvalue weighted by atomic mass is 35.5. The zero-order valence-electron chi connectivity index (χ0n) is 14.7. The average Bonchev–Trinajstić information content (AvgIpc) is 2.69. The summed E-state index contributed by atoms with van der Waals surface area (Å²) in [6, 6.07) is 20.7. The molecule has 142 valence electrons. The van der Waals surface area contributed by atoms with Crippen LogP contribution in [0, 0.1) is 0 Å². The molecule has 28 heavy (non-hydrogen) atoms. The molecule has 0 bridgehead atoms. The number of benzene rings is 3. The Morgan fingerprint density at radius 2 is 1.61 bits per heavy atom. The topological polar surface area (TPSA) is 90.7 Å². The normalized spacial score (nSPS) is 10.2. The van der Waals surface area contributed by atoms with Gasteiger partial charge in [0.2, 0.25) is 0 Å². The fourth-order valence-electron chi connectivity index (χ4n) is 2.39. The first-order valence-corrected chi connectivity index (χ1v) is 8.74. The molecule has 0 spiro atoms. The van der Waals surface area contributed by atoms with Crippen LogP contribution in [0.5, 0.6) is 17.2 Å². The molecule has 0 aliphatic rings. The first-order valence-electron chi connectivity index (χ1n) is 8.36. The Balaban J connectivity index is 1.56. The third kappa shape index (κ3) is 5.25. The van der Waals surface area contributed by atoms with Crippen molar-refractivity contribution in [2.45, 2.75) is 0 Å². The highest BCUT2D eigenvalue weighted by Crippen LogP contribution is 2.24. The summed E-state index contributed by atoms with van der Waals surface area (Å²) in [7, 11) is 0. The number of anilines is 1. The predicted octanol–water partition coefficient (Wildman–Crippen LogP) is 4.25. The second-order valence-corrected chi connectivity index (χ2v) is 6.22. The van der Waals surface area contributed by atoms with Crippen LogP contribution in [0.3, 0.4) is 0 Å². The fourth-order valence-corrected chi connectivity index (χ4v) is 2.56. The number of primary amides is 1. The molecule has 2 amide bonds. The SMILES string of the molecule is NC(=O)c1cc(Cl)ccc1OCC(=O)Nc1ccc(Oc2ccccc2)cc1. The van der Waals surface area contributed by atoms with Crippen LogP contribution in [-0.4, -0.2) is 18.4 Å². The summed E-state index contributed by atoms with van der Waals surface area (Å²) in [6.07, 6.45) is 0. The molecule has 0 aliphatic carbocycles. The first kappa shape index (κ1) is 19.3. The molecular weight excluding hydrogens is 380 g/mol. The monoisotopic (exact) mass is 396 g/mol. The van der Waals surface area contributed by atoms with Crippen LogP contribution in [0.15, 0.2) is 72.8 Å². The van der Waals surface area contributed by atoms with Gasteiger partial charge in [0.25, 0.3) is 11.8 Å². The average molecular weight is 397 g/mol. The molecule has 3 aromatic rings. The Kier molecular flexibility index (Phi) is 6.14. The van der Waals surface area contributed by atoms with E-state index in [4.69, 9.17) is 26.8 Å². The lowest BCUT2D eigenvalue weighted by molar-refractivity contribution is -0.118. The van der Waals surface area contributed by atoms with Crippen LogP contribution in [-0.2, 0) is 4.79 Å². The minimum Gasteiger partial charge on any atom is -0.483 e. The summed E-state index contributed by atoms with van der Waals surface area (Å²) in [5.74, 6) is 0.487. The molecule has 3 aromatic carbocycles. The lowest BCUT2D eigenvalue weighted by Crippen LogP contribution is -2.21. The Labute approximate surface area is 166 Å². The number of hydrogen-bond acceptors (Lipinski definition) is 4. The van der Waals surface area contributed by atoms with Crippen LogP contribution in [0.1, 0.15) is 10.4 Å². The number of hydrogen-bond donors (Lipinski definition) is 2. The zero-order valence-corrected chi connectivity index (χ0v) is 15.5. The van der Waals surface area contributed by atoms with Crippen LogP contribution < -0.4 is 20.5 Å². The van der Waals surface area contributed by atoms with Crippen molar-refractivity contribution < 1.29 is 19.1 Å². The molecule has 3 N–H and O–H groups in total. The van der Waals surface area contributed by atoms with E-state index in [0.29, 0.717) is 16.5 Å². The van der Waals surface area contributed by atoms with Gasteiger partial charge in [-0.1, -0.05) is 29.8 Å². The number of halogens is 1. The second-order valence-electron chi connectivity index (χ2n) is 5.78. The van der Waals surface area contributed by atoms with Gasteiger partial charge in [-0.25, -0.2) is 0 Å². The minimum absolute atomic E-state index is 0.114. The van der Waals surface area contributed by atoms with Gasteiger partial charge in [0.1, 0.15) is 17.2 Å². The quantitative estimate of drug-likeness (QED) is 0.624. The third-order valence-electron chi connectivity index (χ3n) is 3.68. The molecule has 6 nitrogen and oxygen atoms in total. The Morgan fingerprint density at radius 3 is 2.29 bits per heavy atom. The highest BCUT2D eigenvalue weighted by Gasteiger charge is 2.12. The molecule has 3 rings (SSSR count). The smallest absolute Gasteiger partial charge is 0.262 e. The number of ether oxygens (including phenoxy) is 2. The van der Waals surface area contributed by atoms with Crippen LogP contribution in [0.2, 0.25) is 5.02 Å². The van der Waals surface area contributed by atoms with Gasteiger partial charge >= 0.3 is 0 Å². The number of nitrogens with one attached hydrogen (secondary N) is 1. The Morgan fingerprint density at radius 1 is 0.929 bits per heavy atom. The van der Waals surface area contributed by atoms with Crippen molar-refractivity contribution in [3.8, 4) is 17.2 Å². The summed E-state index contributed by atoms with van der Waals surface area (Å²) >= 11 is 5.84. The summed E-state index contributed by atoms with van der Waals surface area (Å²) in [5.41, 5.74) is 5.99. The van der Waals surface area contributed by atoms with Gasteiger partial charge in [-0.05, 0) is 54.6 Å². The van der Waals surface area contributed by atoms with Crippen molar-refractivity contribution >= 4 is 29.1 Å². The number of para-hydroxylation sites is 1. The standard InChI is InChI=1S/C21H17ClN2O4/c22-14-6-11-19(18(12-14)21(23)26)27-13-20(25)24-15-7-9-17(10-8-15)28-16-4-2-1-3-5-16/h1-12H,13H2,(H2,23,26)(H,24,25). The lowest BCUT2D eigenvalue weighted by atomic mass is 10.2. The highest BCUT2D eigenvalue weighted by molar-refractivity contribution is 6.31. The molecule has 0 radical (unpaired) electrons. The van der Waals surface area contributed by atoms with Gasteiger partial charge < -0.3 is 20.5 Å². The van der Waals surface area contributed by atoms with Gasteiger partial charge in [0, 0.05) is 10.7 Å². The molecule has 7 heteroatoms. The lowest BCUT2D eigenvalue weighted by Gasteiger charge is -2.11. The molecule has 0 aliphatic heterocycles. The van der Waals surface area contributed by atoms with Crippen molar-refractivity contribution in [1.82, 2.24) is 0 Å². The maximum absolute atomic E-state index is 12.1. The maximum Gasteiger partial charge on any atom is 0.262 e. The molecule has 0 fully saturated rings. The molecule has 0 saturated heterocycles. The fraction of sp³-hybridized carbons (Fsp3) is 0.0476.